The molecule has 5 nitrogen and oxygen atoms in total. The fourth-order valence-corrected chi connectivity index (χ4v) is 2.42. The van der Waals surface area contributed by atoms with Crippen molar-refractivity contribution >= 4 is 16.1 Å². The fraction of sp³-hybridized carbons (Fsp3) is 0.0714. The fourth-order valence-electron chi connectivity index (χ4n) is 1.76. The standard InChI is InChI=1S/C14H13FN2O3S/c15-13-8-6-11(7-9-13)10-17(21(16,19)20)14(18)12-4-2-1-3-5-12/h1-9H,10H2,(H2,16,19,20). The molecule has 7 heteroatoms. The van der Waals surface area contributed by atoms with Gasteiger partial charge in [-0.25, -0.2) is 13.8 Å². The summed E-state index contributed by atoms with van der Waals surface area (Å²) in [5, 5.41) is 5.10. The maximum atomic E-state index is 12.9. The molecule has 110 valence electrons. The molecule has 0 fully saturated rings. The number of hydrogen-bond donors (Lipinski definition) is 1. The first-order chi connectivity index (χ1) is 9.88. The van der Waals surface area contributed by atoms with Crippen LogP contribution < -0.4 is 5.14 Å². The maximum Gasteiger partial charge on any atom is 0.301 e. The van der Waals surface area contributed by atoms with Gasteiger partial charge in [-0.05, 0) is 29.8 Å². The molecule has 0 saturated heterocycles. The Kier molecular flexibility index (Phi) is 4.35. The molecule has 2 N–H and O–H groups in total. The van der Waals surface area contributed by atoms with E-state index in [-0.39, 0.29) is 12.1 Å². The normalized spacial score (nSPS) is 11.1. The lowest BCUT2D eigenvalue weighted by Crippen LogP contribution is -2.40. The molecular formula is C14H13FN2O3S. The van der Waals surface area contributed by atoms with Crippen LogP contribution in [-0.4, -0.2) is 18.6 Å². The van der Waals surface area contributed by atoms with Gasteiger partial charge in [-0.15, -0.1) is 0 Å². The summed E-state index contributed by atoms with van der Waals surface area (Å²) in [5.41, 5.74) is 0.656. The zero-order valence-corrected chi connectivity index (χ0v) is 11.8. The molecule has 0 unspecified atom stereocenters. The molecule has 0 aliphatic rings. The van der Waals surface area contributed by atoms with Crippen LogP contribution >= 0.6 is 0 Å². The highest BCUT2D eigenvalue weighted by Gasteiger charge is 2.25. The predicted octanol–water partition coefficient (Wildman–Crippen LogP) is 1.67. The smallest absolute Gasteiger partial charge is 0.268 e. The zero-order chi connectivity index (χ0) is 15.5. The average Bonchev–Trinajstić information content (AvgIpc) is 2.45. The first kappa shape index (κ1) is 15.1. The molecule has 0 radical (unpaired) electrons. The van der Waals surface area contributed by atoms with Gasteiger partial charge in [0, 0.05) is 5.56 Å². The van der Waals surface area contributed by atoms with Crippen LogP contribution in [0.1, 0.15) is 15.9 Å². The largest absolute Gasteiger partial charge is 0.301 e. The van der Waals surface area contributed by atoms with E-state index >= 15 is 0 Å². The average molecular weight is 308 g/mol. The summed E-state index contributed by atoms with van der Waals surface area (Å²) >= 11 is 0. The van der Waals surface area contributed by atoms with E-state index in [1.807, 2.05) is 0 Å². The van der Waals surface area contributed by atoms with Gasteiger partial charge in [0.1, 0.15) is 5.82 Å². The van der Waals surface area contributed by atoms with E-state index in [9.17, 15) is 17.6 Å². The van der Waals surface area contributed by atoms with E-state index in [1.165, 1.54) is 36.4 Å². The third-order valence-corrected chi connectivity index (χ3v) is 3.70. The minimum Gasteiger partial charge on any atom is -0.268 e. The third-order valence-electron chi connectivity index (χ3n) is 2.79. The SMILES string of the molecule is NS(=O)(=O)N(Cc1ccc(F)cc1)C(=O)c1ccccc1. The number of nitrogens with two attached hydrogens (primary N) is 1. The van der Waals surface area contributed by atoms with E-state index in [2.05, 4.69) is 0 Å². The van der Waals surface area contributed by atoms with Crippen LogP contribution in [0, 0.1) is 5.82 Å². The summed E-state index contributed by atoms with van der Waals surface area (Å²) < 4.78 is 36.7. The summed E-state index contributed by atoms with van der Waals surface area (Å²) in [6, 6.07) is 13.1. The number of hydrogen-bond acceptors (Lipinski definition) is 3. The van der Waals surface area contributed by atoms with Gasteiger partial charge in [0.25, 0.3) is 5.91 Å². The molecule has 0 aromatic heterocycles. The van der Waals surface area contributed by atoms with Crippen LogP contribution in [0.3, 0.4) is 0 Å². The van der Waals surface area contributed by atoms with Gasteiger partial charge in [-0.2, -0.15) is 8.42 Å². The molecule has 2 aromatic carbocycles. The number of nitrogens with zero attached hydrogens (tertiary/aromatic N) is 1. The van der Waals surface area contributed by atoms with Crippen molar-refractivity contribution in [3.05, 3.63) is 71.5 Å². The van der Waals surface area contributed by atoms with E-state index in [0.717, 1.165) is 0 Å². The summed E-state index contributed by atoms with van der Waals surface area (Å²) in [5.74, 6) is -1.18. The van der Waals surface area contributed by atoms with Crippen LogP contribution in [0.2, 0.25) is 0 Å². The van der Waals surface area contributed by atoms with Gasteiger partial charge in [-0.1, -0.05) is 30.3 Å². The minimum atomic E-state index is -4.23. The van der Waals surface area contributed by atoms with Crippen molar-refractivity contribution in [2.45, 2.75) is 6.54 Å². The molecule has 1 amide bonds. The highest BCUT2D eigenvalue weighted by molar-refractivity contribution is 7.87. The van der Waals surface area contributed by atoms with E-state index in [0.29, 0.717) is 9.87 Å². The second-order valence-corrected chi connectivity index (χ2v) is 5.82. The van der Waals surface area contributed by atoms with Gasteiger partial charge in [0.05, 0.1) is 6.54 Å². The number of carbonyl (C=O) groups excluding carboxylic acids is 1. The van der Waals surface area contributed by atoms with E-state index in [1.54, 1.807) is 18.2 Å². The maximum absolute atomic E-state index is 12.9. The van der Waals surface area contributed by atoms with Crippen molar-refractivity contribution in [1.82, 2.24) is 4.31 Å². The Morgan fingerprint density at radius 3 is 2.14 bits per heavy atom. The number of carbonyl (C=O) groups is 1. The number of halogens is 1. The Hall–Kier alpha value is -2.25. The van der Waals surface area contributed by atoms with Gasteiger partial charge in [0.2, 0.25) is 0 Å². The van der Waals surface area contributed by atoms with Crippen LogP contribution in [0.5, 0.6) is 0 Å². The highest BCUT2D eigenvalue weighted by Crippen LogP contribution is 2.13. The molecule has 0 heterocycles. The van der Waals surface area contributed by atoms with Crippen molar-refractivity contribution < 1.29 is 17.6 Å². The molecule has 21 heavy (non-hydrogen) atoms. The number of benzene rings is 2. The predicted molar refractivity (Wildman–Crippen MR) is 75.8 cm³/mol. The Balaban J connectivity index is 2.32. The Labute approximate surface area is 122 Å². The van der Waals surface area contributed by atoms with Crippen molar-refractivity contribution in [3.8, 4) is 0 Å². The molecule has 0 aliphatic carbocycles. The number of amides is 1. The first-order valence-corrected chi connectivity index (χ1v) is 7.52. The minimum absolute atomic E-state index is 0.202. The Morgan fingerprint density at radius 2 is 1.62 bits per heavy atom. The second-order valence-electron chi connectivity index (χ2n) is 4.35. The lowest BCUT2D eigenvalue weighted by Gasteiger charge is -2.20. The Bertz CT molecular complexity index is 731. The zero-order valence-electron chi connectivity index (χ0n) is 10.9. The molecule has 0 saturated carbocycles. The summed E-state index contributed by atoms with van der Waals surface area (Å²) in [4.78, 5) is 12.3. The van der Waals surface area contributed by atoms with Crippen LogP contribution in [0.4, 0.5) is 4.39 Å². The summed E-state index contributed by atoms with van der Waals surface area (Å²) in [6.07, 6.45) is 0. The van der Waals surface area contributed by atoms with Crippen LogP contribution in [0.15, 0.2) is 54.6 Å². The molecule has 0 bridgehead atoms. The van der Waals surface area contributed by atoms with Crippen LogP contribution in [-0.2, 0) is 16.8 Å². The van der Waals surface area contributed by atoms with E-state index in [4.69, 9.17) is 5.14 Å². The second kappa shape index (κ2) is 6.02. The van der Waals surface area contributed by atoms with Crippen molar-refractivity contribution in [3.63, 3.8) is 0 Å². The first-order valence-electron chi connectivity index (χ1n) is 6.02. The van der Waals surface area contributed by atoms with Crippen molar-refractivity contribution in [2.24, 2.45) is 5.14 Å². The summed E-state index contributed by atoms with van der Waals surface area (Å²) in [6.45, 7) is -0.257. The lowest BCUT2D eigenvalue weighted by molar-refractivity contribution is 0.0855. The van der Waals surface area contributed by atoms with Gasteiger partial charge < -0.3 is 0 Å². The third kappa shape index (κ3) is 3.87. The molecule has 0 spiro atoms. The molecule has 2 aromatic rings. The lowest BCUT2D eigenvalue weighted by atomic mass is 10.2. The molecular weight excluding hydrogens is 295 g/mol. The molecule has 0 atom stereocenters. The van der Waals surface area contributed by atoms with Crippen molar-refractivity contribution in [1.29, 1.82) is 0 Å². The highest BCUT2D eigenvalue weighted by atomic mass is 32.2. The van der Waals surface area contributed by atoms with Crippen molar-refractivity contribution in [2.75, 3.05) is 0 Å². The van der Waals surface area contributed by atoms with Crippen LogP contribution in [0.25, 0.3) is 0 Å². The topological polar surface area (TPSA) is 80.5 Å². The molecule has 0 aliphatic heterocycles. The summed E-state index contributed by atoms with van der Waals surface area (Å²) in [7, 11) is -4.23. The monoisotopic (exact) mass is 308 g/mol. The quantitative estimate of drug-likeness (QED) is 0.933. The van der Waals surface area contributed by atoms with Gasteiger partial charge in [0.15, 0.2) is 0 Å². The van der Waals surface area contributed by atoms with Gasteiger partial charge >= 0.3 is 10.2 Å². The van der Waals surface area contributed by atoms with Gasteiger partial charge in [-0.3, -0.25) is 4.79 Å². The number of rotatable bonds is 4. The Morgan fingerprint density at radius 1 is 1.05 bits per heavy atom. The molecule has 2 rings (SSSR count). The van der Waals surface area contributed by atoms with E-state index < -0.39 is 21.9 Å².